The number of ether oxygens (including phenoxy) is 2. The number of likely N-dealkylation sites (N-methyl/N-ethyl adjacent to an activating group) is 1. The third-order valence-electron chi connectivity index (χ3n) is 9.81. The summed E-state index contributed by atoms with van der Waals surface area (Å²) in [6, 6.07) is -0.732. The van der Waals surface area contributed by atoms with Crippen LogP contribution in [0.2, 0.25) is 0 Å². The van der Waals surface area contributed by atoms with Crippen molar-refractivity contribution in [2.75, 3.05) is 33.9 Å². The van der Waals surface area contributed by atoms with E-state index in [9.17, 15) is 19.2 Å². The first-order valence-electron chi connectivity index (χ1n) is 17.6. The molecule has 1 N–H and O–H groups in total. The van der Waals surface area contributed by atoms with Crippen molar-refractivity contribution in [1.82, 2.24) is 25.1 Å². The fourth-order valence-corrected chi connectivity index (χ4v) is 8.56. The number of carbonyl (C=O) groups is 4. The van der Waals surface area contributed by atoms with Gasteiger partial charge in [0.2, 0.25) is 5.91 Å². The van der Waals surface area contributed by atoms with Crippen molar-refractivity contribution in [3.8, 4) is 0 Å². The first-order valence-corrected chi connectivity index (χ1v) is 19.4. The molecule has 13 heteroatoms. The minimum atomic E-state index is -0.742. The number of Topliss-reactive ketones (excluding diaryl/α,β-unsaturated/α-hetero) is 1. The Morgan fingerprint density at radius 2 is 1.84 bits per heavy atom. The molecule has 4 rings (SSSR count). The zero-order chi connectivity index (χ0) is 35.8. The summed E-state index contributed by atoms with van der Waals surface area (Å²) < 4.78 is 11.4. The molecular weight excluding hydrogens is 663 g/mol. The van der Waals surface area contributed by atoms with Crippen LogP contribution in [-0.4, -0.2) is 95.3 Å². The number of nitrogens with one attached hydrogen (secondary N) is 1. The smallest absolute Gasteiger partial charge is 0.303 e. The van der Waals surface area contributed by atoms with Crippen LogP contribution in [0.3, 0.4) is 0 Å². The van der Waals surface area contributed by atoms with E-state index in [2.05, 4.69) is 29.1 Å². The Morgan fingerprint density at radius 3 is 2.41 bits per heavy atom. The predicted octanol–water partition coefficient (Wildman–Crippen LogP) is 5.48. The van der Waals surface area contributed by atoms with Gasteiger partial charge in [-0.05, 0) is 51.0 Å². The van der Waals surface area contributed by atoms with E-state index in [1.165, 1.54) is 18.3 Å². The van der Waals surface area contributed by atoms with Gasteiger partial charge in [0.1, 0.15) is 10.7 Å². The molecular formula is C36H55N5O6S2. The van der Waals surface area contributed by atoms with Gasteiger partial charge in [-0.2, -0.15) is 0 Å². The molecule has 2 aliphatic rings. The van der Waals surface area contributed by atoms with Crippen LogP contribution in [-0.2, 0) is 30.3 Å². The molecule has 1 aliphatic carbocycles. The molecule has 0 aromatic carbocycles. The third-order valence-corrected chi connectivity index (χ3v) is 11.7. The van der Waals surface area contributed by atoms with Gasteiger partial charge < -0.3 is 19.7 Å². The van der Waals surface area contributed by atoms with Crippen molar-refractivity contribution >= 4 is 46.2 Å². The van der Waals surface area contributed by atoms with E-state index >= 15 is 0 Å². The fraction of sp³-hybridized carbons (Fsp3) is 0.722. The van der Waals surface area contributed by atoms with Crippen LogP contribution in [0.5, 0.6) is 0 Å². The number of hydrogen-bond donors (Lipinski definition) is 1. The lowest BCUT2D eigenvalue weighted by Crippen LogP contribution is -2.51. The minimum Gasteiger partial charge on any atom is -0.455 e. The third kappa shape index (κ3) is 10.9. The van der Waals surface area contributed by atoms with Crippen molar-refractivity contribution in [2.24, 2.45) is 23.7 Å². The van der Waals surface area contributed by atoms with Crippen LogP contribution in [0, 0.1) is 30.6 Å². The Labute approximate surface area is 299 Å². The molecule has 2 aromatic heterocycles. The number of carbonyl (C=O) groups excluding carboxylic acids is 4. The molecule has 49 heavy (non-hydrogen) atoms. The van der Waals surface area contributed by atoms with Crippen molar-refractivity contribution in [1.29, 1.82) is 0 Å². The van der Waals surface area contributed by atoms with E-state index in [1.807, 2.05) is 38.1 Å². The summed E-state index contributed by atoms with van der Waals surface area (Å²) in [4.78, 5) is 66.5. The number of ketones is 1. The van der Waals surface area contributed by atoms with Gasteiger partial charge in [0.25, 0.3) is 5.91 Å². The molecule has 11 nitrogen and oxygen atoms in total. The van der Waals surface area contributed by atoms with Crippen molar-refractivity contribution in [3.63, 3.8) is 0 Å². The number of aryl methyl sites for hydroxylation is 1. The van der Waals surface area contributed by atoms with Gasteiger partial charge in [-0.25, -0.2) is 9.97 Å². The molecule has 3 heterocycles. The van der Waals surface area contributed by atoms with Gasteiger partial charge in [0, 0.05) is 74.2 Å². The Morgan fingerprint density at radius 1 is 1.10 bits per heavy atom. The average Bonchev–Trinajstić information content (AvgIpc) is 3.66. The Kier molecular flexibility index (Phi) is 14.3. The number of esters is 1. The molecule has 2 amide bonds. The van der Waals surface area contributed by atoms with Gasteiger partial charge in [-0.3, -0.25) is 24.1 Å². The van der Waals surface area contributed by atoms with Crippen LogP contribution < -0.4 is 5.32 Å². The topological polar surface area (TPSA) is 131 Å². The number of rotatable bonds is 17. The Bertz CT molecular complexity index is 1420. The van der Waals surface area contributed by atoms with Gasteiger partial charge >= 0.3 is 5.97 Å². The summed E-state index contributed by atoms with van der Waals surface area (Å²) in [7, 11) is 3.73. The lowest BCUT2D eigenvalue weighted by atomic mass is 9.72. The van der Waals surface area contributed by atoms with Crippen LogP contribution >= 0.6 is 22.7 Å². The SMILES string of the molecule is CC(=O)O[C@H](C[C@H](C(C)C)N(C)C(=O)[C@@H](CC(=O)[C@H]1COCCN1C)C1CCC1)c1nc(C(=O)N[C@@H](Cc2nc(C)cs2)CC(C)C)cs1. The first-order chi connectivity index (χ1) is 23.2. The maximum atomic E-state index is 14.2. The van der Waals surface area contributed by atoms with Crippen LogP contribution in [0.25, 0.3) is 0 Å². The zero-order valence-electron chi connectivity index (χ0n) is 30.4. The number of amides is 2. The van der Waals surface area contributed by atoms with E-state index in [0.29, 0.717) is 43.5 Å². The lowest BCUT2D eigenvalue weighted by molar-refractivity contribution is -0.150. The van der Waals surface area contributed by atoms with E-state index in [-0.39, 0.29) is 59.7 Å². The molecule has 0 bridgehead atoms. The predicted molar refractivity (Wildman–Crippen MR) is 192 cm³/mol. The second-order valence-corrected chi connectivity index (χ2v) is 16.4. The van der Waals surface area contributed by atoms with E-state index < -0.39 is 18.0 Å². The van der Waals surface area contributed by atoms with Gasteiger partial charge in [-0.15, -0.1) is 22.7 Å². The van der Waals surface area contributed by atoms with Crippen molar-refractivity contribution in [2.45, 2.75) is 111 Å². The Balaban J connectivity index is 1.48. The lowest BCUT2D eigenvalue weighted by Gasteiger charge is -2.40. The summed E-state index contributed by atoms with van der Waals surface area (Å²) >= 11 is 2.87. The monoisotopic (exact) mass is 717 g/mol. The largest absolute Gasteiger partial charge is 0.455 e. The first kappa shape index (κ1) is 39.1. The standard InChI is InChI=1S/C36H55N5O6S2/c1-21(2)14-26(15-33-37-23(5)19-48-33)38-34(44)28-20-49-35(39-28)32(47-24(6)42)17-29(22(3)4)41(8)36(45)27(25-10-9-11-25)16-31(43)30-18-46-13-12-40(30)7/h19-22,25-27,29-30,32H,9-18H2,1-8H3,(H,38,44)/t26-,27+,29-,30-,32-/m1/s1. The second-order valence-electron chi connectivity index (χ2n) is 14.6. The molecule has 0 unspecified atom stereocenters. The molecule has 2 fully saturated rings. The summed E-state index contributed by atoms with van der Waals surface area (Å²) in [5.41, 5.74) is 1.24. The summed E-state index contributed by atoms with van der Waals surface area (Å²) in [6.45, 7) is 13.3. The fourth-order valence-electron chi connectivity index (χ4n) is 6.87. The van der Waals surface area contributed by atoms with Crippen LogP contribution in [0.4, 0.5) is 0 Å². The molecule has 0 radical (unpaired) electrons. The van der Waals surface area contributed by atoms with E-state index in [4.69, 9.17) is 9.47 Å². The minimum absolute atomic E-state index is 0.0247. The van der Waals surface area contributed by atoms with E-state index in [1.54, 1.807) is 28.7 Å². The Hall–Kier alpha value is -2.74. The maximum Gasteiger partial charge on any atom is 0.303 e. The number of morpholine rings is 1. The number of aromatic nitrogens is 2. The van der Waals surface area contributed by atoms with Crippen LogP contribution in [0.1, 0.15) is 105 Å². The van der Waals surface area contributed by atoms with Crippen molar-refractivity contribution < 1.29 is 28.7 Å². The highest BCUT2D eigenvalue weighted by atomic mass is 32.1. The molecule has 5 atom stereocenters. The molecule has 0 spiro atoms. The summed E-state index contributed by atoms with van der Waals surface area (Å²) in [6.07, 6.45) is 4.13. The molecule has 1 saturated carbocycles. The van der Waals surface area contributed by atoms with Gasteiger partial charge in [0.05, 0.1) is 24.3 Å². The highest BCUT2D eigenvalue weighted by Crippen LogP contribution is 2.38. The second kappa shape index (κ2) is 18.0. The average molecular weight is 718 g/mol. The van der Waals surface area contributed by atoms with E-state index in [0.717, 1.165) is 36.4 Å². The van der Waals surface area contributed by atoms with Crippen molar-refractivity contribution in [3.05, 3.63) is 32.2 Å². The number of thiazole rings is 2. The molecule has 1 saturated heterocycles. The highest BCUT2D eigenvalue weighted by molar-refractivity contribution is 7.10. The quantitative estimate of drug-likeness (QED) is 0.212. The van der Waals surface area contributed by atoms with Gasteiger partial charge in [0.15, 0.2) is 11.9 Å². The zero-order valence-corrected chi connectivity index (χ0v) is 32.0. The molecule has 2 aromatic rings. The molecule has 1 aliphatic heterocycles. The normalized spacial score (nSPS) is 19.6. The number of nitrogens with zero attached hydrogens (tertiary/aromatic N) is 4. The molecule has 272 valence electrons. The van der Waals surface area contributed by atoms with Gasteiger partial charge in [-0.1, -0.05) is 34.1 Å². The van der Waals surface area contributed by atoms with Crippen LogP contribution in [0.15, 0.2) is 10.8 Å². The summed E-state index contributed by atoms with van der Waals surface area (Å²) in [5.74, 6) is -0.580. The highest BCUT2D eigenvalue weighted by Gasteiger charge is 2.41. The maximum absolute atomic E-state index is 14.2. The summed E-state index contributed by atoms with van der Waals surface area (Å²) in [5, 5.41) is 8.36. The number of hydrogen-bond acceptors (Lipinski definition) is 11.